The summed E-state index contributed by atoms with van der Waals surface area (Å²) >= 11 is 1.33. The van der Waals surface area contributed by atoms with Gasteiger partial charge in [-0.3, -0.25) is 9.20 Å². The van der Waals surface area contributed by atoms with E-state index < -0.39 is 17.7 Å². The molecule has 0 saturated carbocycles. The molecule has 31 heavy (non-hydrogen) atoms. The molecule has 156 valence electrons. The highest BCUT2D eigenvalue weighted by atomic mass is 32.1. The molecule has 0 spiro atoms. The summed E-state index contributed by atoms with van der Waals surface area (Å²) in [6.45, 7) is 3.60. The first-order valence-corrected chi connectivity index (χ1v) is 10.3. The molecule has 0 amide bonds. The number of aromatic amines is 1. The highest BCUT2D eigenvalue weighted by Crippen LogP contribution is 2.30. The fourth-order valence-corrected chi connectivity index (χ4v) is 4.51. The summed E-state index contributed by atoms with van der Waals surface area (Å²) in [4.78, 5) is 30.1. The molecule has 0 saturated heterocycles. The summed E-state index contributed by atoms with van der Waals surface area (Å²) in [6.07, 6.45) is 3.17. The Morgan fingerprint density at radius 3 is 2.74 bits per heavy atom. The number of rotatable bonds is 4. The minimum atomic E-state index is -0.766. The number of aromatic nitrogens is 5. The first kappa shape index (κ1) is 19.3. The molecule has 0 radical (unpaired) electrons. The molecule has 10 heteroatoms. The third-order valence-electron chi connectivity index (χ3n) is 5.04. The third kappa shape index (κ3) is 3.25. The lowest BCUT2D eigenvalue weighted by atomic mass is 10.0. The second-order valence-electron chi connectivity index (χ2n) is 7.16. The summed E-state index contributed by atoms with van der Waals surface area (Å²) in [5.74, 6) is -0.977. The molecule has 0 bridgehead atoms. The molecule has 4 heterocycles. The molecular weight excluding hydrogens is 422 g/mol. The lowest BCUT2D eigenvalue weighted by molar-refractivity contribution is 0.584. The van der Waals surface area contributed by atoms with E-state index >= 15 is 0 Å². The Bertz CT molecular complexity index is 1490. The van der Waals surface area contributed by atoms with Gasteiger partial charge < -0.3 is 10.3 Å². The smallest absolute Gasteiger partial charge is 0.266 e. The number of halogens is 2. The van der Waals surface area contributed by atoms with Gasteiger partial charge in [0, 0.05) is 23.3 Å². The molecule has 0 aliphatic heterocycles. The Morgan fingerprint density at radius 2 is 1.97 bits per heavy atom. The van der Waals surface area contributed by atoms with Crippen LogP contribution in [0.4, 0.5) is 14.6 Å². The van der Waals surface area contributed by atoms with Gasteiger partial charge in [0.1, 0.15) is 29.4 Å². The fraction of sp³-hybridized carbons (Fsp3) is 0.143. The second kappa shape index (κ2) is 7.24. The maximum absolute atomic E-state index is 14.0. The Kier molecular flexibility index (Phi) is 4.51. The zero-order chi connectivity index (χ0) is 21.7. The number of anilines is 1. The van der Waals surface area contributed by atoms with Crippen LogP contribution in [-0.2, 0) is 0 Å². The highest BCUT2D eigenvalue weighted by Gasteiger charge is 2.23. The average molecular weight is 438 g/mol. The molecule has 2 N–H and O–H groups in total. The van der Waals surface area contributed by atoms with Gasteiger partial charge in [-0.2, -0.15) is 0 Å². The fourth-order valence-electron chi connectivity index (χ4n) is 3.64. The van der Waals surface area contributed by atoms with Gasteiger partial charge in [0.25, 0.3) is 5.56 Å². The van der Waals surface area contributed by atoms with Crippen molar-refractivity contribution in [2.24, 2.45) is 0 Å². The van der Waals surface area contributed by atoms with Crippen LogP contribution in [-0.4, -0.2) is 24.3 Å². The minimum absolute atomic E-state index is 0.133. The highest BCUT2D eigenvalue weighted by molar-refractivity contribution is 7.15. The monoisotopic (exact) mass is 438 g/mol. The molecule has 0 aliphatic rings. The van der Waals surface area contributed by atoms with Crippen LogP contribution < -0.4 is 10.9 Å². The van der Waals surface area contributed by atoms with Crippen LogP contribution in [0.3, 0.4) is 0 Å². The first-order chi connectivity index (χ1) is 14.9. The number of aryl methyl sites for hydroxylation is 1. The predicted octanol–water partition coefficient (Wildman–Crippen LogP) is 4.45. The largest absolute Gasteiger partial charge is 0.361 e. The maximum atomic E-state index is 14.0. The lowest BCUT2D eigenvalue weighted by Crippen LogP contribution is -2.23. The summed E-state index contributed by atoms with van der Waals surface area (Å²) in [6, 6.07) is 4.39. The first-order valence-electron chi connectivity index (χ1n) is 9.44. The SMILES string of the molecule is Cc1csc2nc([C@H](C)Nc3ncnc4[nH]ccc34)c(-c3cc(F)cc(F)c3)c(=O)n12. The van der Waals surface area contributed by atoms with Crippen molar-refractivity contribution in [1.29, 1.82) is 0 Å². The standard InChI is InChI=1S/C21H16F2N6OS/c1-10-8-31-21-28-17(11(2)27-19-15-3-4-24-18(15)25-9-26-19)16(20(30)29(10)21)12-5-13(22)7-14(23)6-12/h3-9,11H,1-2H3,(H2,24,25,26,27)/t11-/m0/s1. The predicted molar refractivity (Wildman–Crippen MR) is 115 cm³/mol. The van der Waals surface area contributed by atoms with E-state index in [4.69, 9.17) is 0 Å². The van der Waals surface area contributed by atoms with Crippen molar-refractivity contribution in [3.05, 3.63) is 75.5 Å². The number of H-pyrrole nitrogens is 1. The molecular formula is C21H16F2N6OS. The second-order valence-corrected chi connectivity index (χ2v) is 8.00. The van der Waals surface area contributed by atoms with E-state index in [1.807, 2.05) is 18.4 Å². The van der Waals surface area contributed by atoms with Gasteiger partial charge in [-0.25, -0.2) is 23.7 Å². The van der Waals surface area contributed by atoms with Crippen molar-refractivity contribution >= 4 is 33.1 Å². The van der Waals surface area contributed by atoms with E-state index in [-0.39, 0.29) is 16.7 Å². The molecule has 0 unspecified atom stereocenters. The number of nitrogens with one attached hydrogen (secondary N) is 2. The third-order valence-corrected chi connectivity index (χ3v) is 5.98. The van der Waals surface area contributed by atoms with E-state index in [1.165, 1.54) is 22.1 Å². The van der Waals surface area contributed by atoms with Crippen LogP contribution in [0.25, 0.3) is 27.1 Å². The van der Waals surface area contributed by atoms with E-state index in [2.05, 4.69) is 25.3 Å². The number of hydrogen-bond donors (Lipinski definition) is 2. The van der Waals surface area contributed by atoms with Gasteiger partial charge in [0.15, 0.2) is 4.96 Å². The number of hydrogen-bond acceptors (Lipinski definition) is 6. The molecule has 5 aromatic rings. The van der Waals surface area contributed by atoms with Crippen molar-refractivity contribution in [3.8, 4) is 11.1 Å². The van der Waals surface area contributed by atoms with Crippen LogP contribution in [0.1, 0.15) is 24.4 Å². The van der Waals surface area contributed by atoms with Gasteiger partial charge in [-0.1, -0.05) is 0 Å². The molecule has 4 aromatic heterocycles. The Labute approximate surface area is 178 Å². The number of fused-ring (bicyclic) bond motifs is 2. The van der Waals surface area contributed by atoms with E-state index in [0.717, 1.165) is 23.6 Å². The lowest BCUT2D eigenvalue weighted by Gasteiger charge is -2.18. The molecule has 0 fully saturated rings. The quantitative estimate of drug-likeness (QED) is 0.433. The zero-order valence-electron chi connectivity index (χ0n) is 16.5. The number of benzene rings is 1. The Hall–Kier alpha value is -3.66. The van der Waals surface area contributed by atoms with Crippen molar-refractivity contribution < 1.29 is 8.78 Å². The Morgan fingerprint density at radius 1 is 1.19 bits per heavy atom. The Balaban J connectivity index is 1.72. The molecule has 1 atom stereocenters. The van der Waals surface area contributed by atoms with Gasteiger partial charge in [0.05, 0.1) is 22.7 Å². The van der Waals surface area contributed by atoms with Crippen molar-refractivity contribution in [3.63, 3.8) is 0 Å². The summed E-state index contributed by atoms with van der Waals surface area (Å²) in [5.41, 5.74) is 1.62. The molecule has 1 aromatic carbocycles. The summed E-state index contributed by atoms with van der Waals surface area (Å²) < 4.78 is 29.4. The van der Waals surface area contributed by atoms with E-state index in [9.17, 15) is 13.6 Å². The molecule has 5 rings (SSSR count). The normalized spacial score (nSPS) is 12.5. The van der Waals surface area contributed by atoms with Gasteiger partial charge in [-0.15, -0.1) is 11.3 Å². The van der Waals surface area contributed by atoms with Crippen molar-refractivity contribution in [2.45, 2.75) is 19.9 Å². The molecule has 7 nitrogen and oxygen atoms in total. The average Bonchev–Trinajstić information content (AvgIpc) is 3.34. The van der Waals surface area contributed by atoms with Gasteiger partial charge in [0.2, 0.25) is 0 Å². The topological polar surface area (TPSA) is 88.0 Å². The van der Waals surface area contributed by atoms with Crippen LogP contribution in [0.5, 0.6) is 0 Å². The minimum Gasteiger partial charge on any atom is -0.361 e. The van der Waals surface area contributed by atoms with E-state index in [1.54, 1.807) is 13.1 Å². The number of nitrogens with zero attached hydrogens (tertiary/aromatic N) is 4. The summed E-state index contributed by atoms with van der Waals surface area (Å²) in [5, 5.41) is 5.85. The molecule has 0 aliphatic carbocycles. The van der Waals surface area contributed by atoms with Crippen molar-refractivity contribution in [2.75, 3.05) is 5.32 Å². The van der Waals surface area contributed by atoms with Crippen LogP contribution in [0.2, 0.25) is 0 Å². The van der Waals surface area contributed by atoms with Crippen LogP contribution in [0, 0.1) is 18.6 Å². The van der Waals surface area contributed by atoms with Crippen molar-refractivity contribution in [1.82, 2.24) is 24.3 Å². The maximum Gasteiger partial charge on any atom is 0.266 e. The zero-order valence-corrected chi connectivity index (χ0v) is 17.3. The van der Waals surface area contributed by atoms with Gasteiger partial charge >= 0.3 is 0 Å². The van der Waals surface area contributed by atoms with E-state index in [0.29, 0.717) is 27.8 Å². The van der Waals surface area contributed by atoms with Crippen LogP contribution >= 0.6 is 11.3 Å². The van der Waals surface area contributed by atoms with Gasteiger partial charge in [-0.05, 0) is 37.6 Å². The summed E-state index contributed by atoms with van der Waals surface area (Å²) in [7, 11) is 0. The number of thiazole rings is 1. The van der Waals surface area contributed by atoms with Crippen LogP contribution in [0.15, 0.2) is 47.0 Å².